The molecule has 3 aliphatic rings. The zero-order valence-electron chi connectivity index (χ0n) is 58.5. The van der Waals surface area contributed by atoms with E-state index in [1.165, 1.54) is 63.1 Å². The highest BCUT2D eigenvalue weighted by Crippen LogP contribution is 2.55. The molecule has 1 aromatic heterocycles. The zero-order valence-corrected chi connectivity index (χ0v) is 59.3. The van der Waals surface area contributed by atoms with Gasteiger partial charge in [-0.15, -0.1) is 0 Å². The number of methoxy groups -OCH3 is 2. The Morgan fingerprint density at radius 3 is 2.05 bits per heavy atom. The number of hydrogen-bond donors (Lipinski definition) is 7. The third kappa shape index (κ3) is 19.6. The van der Waals surface area contributed by atoms with Crippen molar-refractivity contribution in [2.45, 2.75) is 134 Å². The number of epoxide rings is 1. The summed E-state index contributed by atoms with van der Waals surface area (Å²) in [4.78, 5) is 146. The van der Waals surface area contributed by atoms with Crippen LogP contribution in [-0.4, -0.2) is 276 Å². The number of aliphatic hydroxyl groups excluding tert-OH is 3. The van der Waals surface area contributed by atoms with Crippen molar-refractivity contribution in [1.82, 2.24) is 50.1 Å². The number of para-hydroxylation sites is 1. The van der Waals surface area contributed by atoms with Crippen molar-refractivity contribution in [3.8, 4) is 5.75 Å². The van der Waals surface area contributed by atoms with E-state index in [0.717, 1.165) is 51.6 Å². The van der Waals surface area contributed by atoms with Crippen LogP contribution in [0.5, 0.6) is 5.75 Å². The molecule has 6 rings (SSSR count). The molecule has 0 aliphatic carbocycles. The predicted octanol–water partition coefficient (Wildman–Crippen LogP) is 0.832. The van der Waals surface area contributed by atoms with E-state index in [2.05, 4.69) is 16.1 Å². The average Bonchev–Trinajstić information content (AvgIpc) is 1.54. The molecule has 2 saturated heterocycles. The van der Waals surface area contributed by atoms with Gasteiger partial charge in [-0.2, -0.15) is 0 Å². The first-order valence-electron chi connectivity index (χ1n) is 32.5. The van der Waals surface area contributed by atoms with Crippen LogP contribution < -0.4 is 25.7 Å². The minimum atomic E-state index is -2.83. The van der Waals surface area contributed by atoms with Crippen molar-refractivity contribution in [2.75, 3.05) is 120 Å². The van der Waals surface area contributed by atoms with Gasteiger partial charge in [-0.1, -0.05) is 60.5 Å². The zero-order chi connectivity index (χ0) is 73.4. The van der Waals surface area contributed by atoms with E-state index in [0.29, 0.717) is 12.1 Å². The van der Waals surface area contributed by atoms with Gasteiger partial charge in [0.1, 0.15) is 47.6 Å². The van der Waals surface area contributed by atoms with Gasteiger partial charge in [0.2, 0.25) is 41.4 Å². The molecule has 2 aromatic carbocycles. The van der Waals surface area contributed by atoms with Crippen LogP contribution in [0.4, 0.5) is 10.5 Å². The summed E-state index contributed by atoms with van der Waals surface area (Å²) in [6.45, 7) is 4.16. The summed E-state index contributed by atoms with van der Waals surface area (Å²) >= 11 is 6.94. The van der Waals surface area contributed by atoms with Gasteiger partial charge in [-0.3, -0.25) is 44.3 Å². The van der Waals surface area contributed by atoms with Crippen molar-refractivity contribution in [3.63, 3.8) is 0 Å². The number of nitrogens with zero attached hydrogens (tertiary/aromatic N) is 8. The maximum absolute atomic E-state index is 15.2. The van der Waals surface area contributed by atoms with E-state index in [9.17, 15) is 58.8 Å². The monoisotopic (exact) mass is 1410 g/mol. The molecule has 3 aliphatic heterocycles. The number of nitrogens with one attached hydrogen (secondary N) is 3. The number of aryl methyl sites for hydroxylation is 1. The van der Waals surface area contributed by atoms with Gasteiger partial charge in [-0.25, -0.2) is 19.4 Å². The van der Waals surface area contributed by atoms with E-state index >= 15 is 9.59 Å². The number of hydrazine groups is 1. The topological polar surface area (TPSA) is 374 Å². The quantitative estimate of drug-likeness (QED) is 0.0219. The second kappa shape index (κ2) is 35.2. The summed E-state index contributed by atoms with van der Waals surface area (Å²) in [5.74, 6) is -11.1. The van der Waals surface area contributed by atoms with Crippen molar-refractivity contribution < 1.29 is 96.8 Å². The molecule has 8 amide bonds. The lowest BCUT2D eigenvalue weighted by Gasteiger charge is -2.42. The molecule has 99 heavy (non-hydrogen) atoms. The Kier molecular flexibility index (Phi) is 28.3. The summed E-state index contributed by atoms with van der Waals surface area (Å²) in [6, 6.07) is 10.0. The summed E-state index contributed by atoms with van der Waals surface area (Å²) in [6.07, 6.45) is -1.25. The Hall–Kier alpha value is -8.27. The van der Waals surface area contributed by atoms with Crippen molar-refractivity contribution >= 4 is 87.6 Å². The highest BCUT2D eigenvalue weighted by molar-refractivity contribution is 6.35. The third-order valence-electron chi connectivity index (χ3n) is 18.4. The predicted molar refractivity (Wildman–Crippen MR) is 360 cm³/mol. The van der Waals surface area contributed by atoms with Crippen molar-refractivity contribution in [2.24, 2.45) is 5.92 Å². The molecule has 2 fully saturated rings. The Bertz CT molecular complexity index is 3500. The highest BCUT2D eigenvalue weighted by atomic mass is 35.5. The molecule has 2 unspecified atom stereocenters. The van der Waals surface area contributed by atoms with Crippen LogP contribution in [0.25, 0.3) is 10.9 Å². The maximum Gasteiger partial charge on any atom is 0.409 e. The standard InChI is InChI=1S/C67H96ClN11O20/c1-41-17-16-20-53(95-13)66(93)35-52(96-64(92)71-66)42(2)61-65(6,97-61)67(98-62(90)43(3)73(9)45(5)83,36-56(86)75(11)50-32-46(31-41)33-51(94-12)60(50)68)99-63(91)44(4)74(10)55(85)22-23-76(25-28-80)58(88)39-78(27-30-82)59(89)40-77(26-29-81)57(87)37-70-54(84)21-24-79-48(38-72(8)69-7)34-47-18-14-15-19-49(47)79/h14-20,32-34,42-44,52-53,61,69,80-82,93H,21-31,35-40H2,1-13H3,(H,70,84)(H,71,92)/b20-16+,41-17+/t42-,43+,44?,52+,53?,61+,65-,66+,67-/m1/s1. The number of carbonyl (C=O) groups excluding carboxylic acids is 10. The van der Waals surface area contributed by atoms with Crippen LogP contribution in [0.15, 0.2) is 66.3 Å². The lowest BCUT2D eigenvalue weighted by molar-refractivity contribution is -0.255. The Morgan fingerprint density at radius 1 is 0.838 bits per heavy atom. The number of likely N-dealkylation sites (N-methyl/N-ethyl adjacent to an activating group) is 2. The van der Waals surface area contributed by atoms with Gasteiger partial charge in [0, 0.05) is 111 Å². The average molecular weight is 1410 g/mol. The third-order valence-corrected chi connectivity index (χ3v) is 18.8. The molecular formula is C67H96ClN11O20. The fourth-order valence-corrected chi connectivity index (χ4v) is 12.2. The van der Waals surface area contributed by atoms with Gasteiger partial charge < -0.3 is 88.1 Å². The number of benzene rings is 2. The van der Waals surface area contributed by atoms with Crippen LogP contribution in [0.2, 0.25) is 5.02 Å². The number of anilines is 1. The summed E-state index contributed by atoms with van der Waals surface area (Å²) in [5.41, 5.74) is 2.28. The number of allylic oxidation sites excluding steroid dienone is 3. The van der Waals surface area contributed by atoms with Crippen LogP contribution in [0.3, 0.4) is 0 Å². The molecule has 9 atom stereocenters. The normalized spacial score (nSPS) is 23.0. The van der Waals surface area contributed by atoms with E-state index in [-0.39, 0.29) is 55.4 Å². The molecule has 0 radical (unpaired) electrons. The summed E-state index contributed by atoms with van der Waals surface area (Å²) in [7, 11) is 10.3. The molecule has 0 spiro atoms. The summed E-state index contributed by atoms with van der Waals surface area (Å²) in [5, 5.41) is 50.1. The number of hydrogen-bond acceptors (Lipinski definition) is 22. The molecule has 3 aromatic rings. The smallest absolute Gasteiger partial charge is 0.409 e. The van der Waals surface area contributed by atoms with Crippen LogP contribution in [0.1, 0.15) is 78.5 Å². The molecule has 0 saturated carbocycles. The maximum atomic E-state index is 15.2. The first-order chi connectivity index (χ1) is 46.8. The van der Waals surface area contributed by atoms with Crippen LogP contribution in [-0.2, 0) is 86.3 Å². The fraction of sp³-hybridized carbons (Fsp3) is 0.582. The van der Waals surface area contributed by atoms with E-state index in [1.54, 1.807) is 44.3 Å². The molecule has 32 heteroatoms. The highest BCUT2D eigenvalue weighted by Gasteiger charge is 2.74. The Labute approximate surface area is 580 Å². The Morgan fingerprint density at radius 2 is 1.44 bits per heavy atom. The van der Waals surface area contributed by atoms with Gasteiger partial charge in [0.05, 0.1) is 58.8 Å². The molecule has 4 bridgehead atoms. The molecule has 7 N–H and O–H groups in total. The number of aliphatic hydroxyl groups is 4. The number of rotatable bonds is 29. The van der Waals surface area contributed by atoms with Gasteiger partial charge in [-0.05, 0) is 76.4 Å². The Balaban J connectivity index is 1.22. The number of aromatic nitrogens is 1. The first-order valence-corrected chi connectivity index (χ1v) is 32.9. The minimum absolute atomic E-state index is 0.00185. The number of fused-ring (bicyclic) bond motifs is 6. The number of ether oxygens (including phenoxy) is 6. The largest absolute Gasteiger partial charge is 0.495 e. The van der Waals surface area contributed by atoms with Gasteiger partial charge in [0.15, 0.2) is 11.3 Å². The second-order valence-corrected chi connectivity index (χ2v) is 25.5. The number of alkyl carbamates (subject to hydrolysis) is 1. The lowest BCUT2D eigenvalue weighted by atomic mass is 9.82. The SMILES string of the molecule is CNN(C)Cc1cc2ccccc2n1CCC(=O)NCC(=O)N(CCO)CC(=O)N(CCO)CC(=O)N(CCO)CCC(=O)N(C)C(C)C(=O)O[C@]1(OC(=O)[C@H](C)N(C)C(C)=O)CC(=O)N(C)c2cc(cc(OC)c2Cl)C/C(C)=C/C=C/C(OC)[C@@]2(O)C[C@H](OC(=O)N2)[C@@H](C)[C@@H]2O[C@]21C. The van der Waals surface area contributed by atoms with Crippen molar-refractivity contribution in [3.05, 3.63) is 82.5 Å². The molecular weight excluding hydrogens is 1310 g/mol. The number of halogens is 1. The molecule has 546 valence electrons. The lowest BCUT2D eigenvalue weighted by Crippen LogP contribution is -2.64. The number of esters is 2. The first kappa shape index (κ1) is 79.7. The second-order valence-electron chi connectivity index (χ2n) is 25.2. The molecule has 4 heterocycles. The van der Waals surface area contributed by atoms with Gasteiger partial charge >= 0.3 is 18.0 Å². The minimum Gasteiger partial charge on any atom is -0.495 e. The van der Waals surface area contributed by atoms with E-state index < -0.39 is 178 Å². The van der Waals surface area contributed by atoms with Gasteiger partial charge in [0.25, 0.3) is 5.79 Å². The number of amides is 8. The molecule has 31 nitrogen and oxygen atoms in total. The number of carbonyl (C=O) groups is 10. The van der Waals surface area contributed by atoms with E-state index in [1.807, 2.05) is 53.9 Å². The van der Waals surface area contributed by atoms with Crippen LogP contribution >= 0.6 is 11.6 Å². The summed E-state index contributed by atoms with van der Waals surface area (Å²) < 4.78 is 38.3. The van der Waals surface area contributed by atoms with E-state index in [4.69, 9.17) is 40.0 Å². The van der Waals surface area contributed by atoms with Crippen molar-refractivity contribution in [1.29, 1.82) is 0 Å². The van der Waals surface area contributed by atoms with Crippen LogP contribution in [0, 0.1) is 5.92 Å². The fourth-order valence-electron chi connectivity index (χ4n) is 11.9.